The van der Waals surface area contributed by atoms with E-state index < -0.39 is 0 Å². The molecule has 3 rings (SSSR count). The Bertz CT molecular complexity index is 804. The van der Waals surface area contributed by atoms with Crippen molar-refractivity contribution in [1.29, 1.82) is 0 Å². The van der Waals surface area contributed by atoms with Crippen LogP contribution in [0.4, 0.5) is 5.69 Å². The monoisotopic (exact) mass is 366 g/mol. The second kappa shape index (κ2) is 8.55. The number of hydrogen-bond acceptors (Lipinski definition) is 3. The summed E-state index contributed by atoms with van der Waals surface area (Å²) in [6.07, 6.45) is 6.51. The van der Waals surface area contributed by atoms with E-state index in [0.717, 1.165) is 72.3 Å². The molecule has 4 nitrogen and oxygen atoms in total. The molecule has 1 aliphatic heterocycles. The Balaban J connectivity index is 1.91. The second-order valence-electron chi connectivity index (χ2n) is 7.65. The predicted octanol–water partition coefficient (Wildman–Crippen LogP) is 5.01. The number of dihydropyridines is 1. The molecule has 0 spiro atoms. The number of benzene rings is 1. The number of hydrogen-bond donors (Lipinski definition) is 2. The van der Waals surface area contributed by atoms with Crippen molar-refractivity contribution in [2.75, 3.05) is 5.32 Å². The van der Waals surface area contributed by atoms with Gasteiger partial charge in [-0.3, -0.25) is 9.59 Å². The van der Waals surface area contributed by atoms with Gasteiger partial charge in [-0.15, -0.1) is 0 Å². The number of Topliss-reactive ketones (excluding diaryl/α,β-unsaturated/α-hetero) is 1. The van der Waals surface area contributed by atoms with E-state index in [4.69, 9.17) is 0 Å². The Kier molecular flexibility index (Phi) is 6.15. The summed E-state index contributed by atoms with van der Waals surface area (Å²) < 4.78 is 0. The lowest BCUT2D eigenvalue weighted by molar-refractivity contribution is -0.116. The molecular formula is C23H30N2O2. The van der Waals surface area contributed by atoms with Crippen molar-refractivity contribution in [3.05, 3.63) is 52.4 Å². The second-order valence-corrected chi connectivity index (χ2v) is 7.65. The first-order valence-electron chi connectivity index (χ1n) is 10.1. The summed E-state index contributed by atoms with van der Waals surface area (Å²) in [7, 11) is 0. The van der Waals surface area contributed by atoms with Gasteiger partial charge in [0.1, 0.15) is 0 Å². The highest BCUT2D eigenvalue weighted by Crippen LogP contribution is 2.39. The highest BCUT2D eigenvalue weighted by molar-refractivity contribution is 6.08. The van der Waals surface area contributed by atoms with E-state index in [2.05, 4.69) is 17.6 Å². The van der Waals surface area contributed by atoms with Gasteiger partial charge in [0, 0.05) is 40.6 Å². The molecule has 1 aromatic carbocycles. The van der Waals surface area contributed by atoms with Crippen LogP contribution in [0.25, 0.3) is 0 Å². The quantitative estimate of drug-likeness (QED) is 0.696. The number of allylic oxidation sites excluding steroid dienone is 3. The van der Waals surface area contributed by atoms with Crippen molar-refractivity contribution in [2.45, 2.75) is 65.7 Å². The topological polar surface area (TPSA) is 58.2 Å². The van der Waals surface area contributed by atoms with Gasteiger partial charge in [-0.05, 0) is 44.7 Å². The van der Waals surface area contributed by atoms with E-state index in [-0.39, 0.29) is 17.6 Å². The number of amides is 1. The lowest BCUT2D eigenvalue weighted by Crippen LogP contribution is -2.36. The molecule has 0 fully saturated rings. The number of ketones is 1. The molecule has 1 aromatic rings. The number of rotatable bonds is 6. The van der Waals surface area contributed by atoms with Gasteiger partial charge >= 0.3 is 0 Å². The van der Waals surface area contributed by atoms with Crippen LogP contribution in [0.15, 0.2) is 46.8 Å². The molecule has 0 bridgehead atoms. The number of aryl methyl sites for hydroxylation is 1. The third-order valence-corrected chi connectivity index (χ3v) is 5.63. The van der Waals surface area contributed by atoms with E-state index in [9.17, 15) is 9.59 Å². The molecule has 1 aliphatic carbocycles. The van der Waals surface area contributed by atoms with Gasteiger partial charge in [-0.1, -0.05) is 44.4 Å². The van der Waals surface area contributed by atoms with Gasteiger partial charge < -0.3 is 10.6 Å². The first kappa shape index (κ1) is 19.4. The summed E-state index contributed by atoms with van der Waals surface area (Å²) in [4.78, 5) is 25.9. The van der Waals surface area contributed by atoms with Gasteiger partial charge in [-0.25, -0.2) is 0 Å². The minimum atomic E-state index is -0.0966. The Morgan fingerprint density at radius 1 is 1.19 bits per heavy atom. The number of anilines is 1. The van der Waals surface area contributed by atoms with Gasteiger partial charge in [-0.2, -0.15) is 0 Å². The zero-order valence-corrected chi connectivity index (χ0v) is 16.7. The van der Waals surface area contributed by atoms with E-state index in [1.807, 2.05) is 38.1 Å². The first-order chi connectivity index (χ1) is 13.0. The van der Waals surface area contributed by atoms with Gasteiger partial charge in [0.2, 0.25) is 0 Å². The maximum absolute atomic E-state index is 13.2. The van der Waals surface area contributed by atoms with Crippen molar-refractivity contribution in [3.63, 3.8) is 0 Å². The van der Waals surface area contributed by atoms with Gasteiger partial charge in [0.25, 0.3) is 5.91 Å². The Morgan fingerprint density at radius 3 is 2.70 bits per heavy atom. The molecule has 0 radical (unpaired) electrons. The van der Waals surface area contributed by atoms with Crippen LogP contribution in [0.2, 0.25) is 0 Å². The predicted molar refractivity (Wildman–Crippen MR) is 109 cm³/mol. The van der Waals surface area contributed by atoms with E-state index in [1.54, 1.807) is 0 Å². The van der Waals surface area contributed by atoms with Crippen LogP contribution in [0.1, 0.15) is 64.4 Å². The highest BCUT2D eigenvalue weighted by atomic mass is 16.2. The molecule has 1 amide bonds. The maximum atomic E-state index is 13.2. The lowest BCUT2D eigenvalue weighted by atomic mass is 9.76. The molecule has 27 heavy (non-hydrogen) atoms. The summed E-state index contributed by atoms with van der Waals surface area (Å²) in [5.74, 6) is 0.0179. The fraction of sp³-hybridized carbons (Fsp3) is 0.478. The molecule has 1 unspecified atom stereocenters. The zero-order valence-electron chi connectivity index (χ0n) is 16.7. The average Bonchev–Trinajstić information content (AvgIpc) is 2.63. The van der Waals surface area contributed by atoms with Crippen molar-refractivity contribution >= 4 is 17.4 Å². The highest BCUT2D eigenvalue weighted by Gasteiger charge is 2.37. The van der Waals surface area contributed by atoms with E-state index >= 15 is 0 Å². The van der Waals surface area contributed by atoms with Crippen molar-refractivity contribution in [2.24, 2.45) is 5.92 Å². The molecule has 1 heterocycles. The molecule has 0 saturated carbocycles. The van der Waals surface area contributed by atoms with Crippen LogP contribution in [0.5, 0.6) is 0 Å². The zero-order chi connectivity index (χ0) is 19.4. The Hall–Kier alpha value is -2.36. The SMILES string of the molecule is CCCCCC1C(C(=O)Nc2ccccc2C)=C(C)NC2=C1C(=O)CCC2. The van der Waals surface area contributed by atoms with Gasteiger partial charge in [0.15, 0.2) is 5.78 Å². The van der Waals surface area contributed by atoms with Crippen LogP contribution in [0, 0.1) is 12.8 Å². The third-order valence-electron chi connectivity index (χ3n) is 5.63. The van der Waals surface area contributed by atoms with Crippen LogP contribution in [-0.2, 0) is 9.59 Å². The summed E-state index contributed by atoms with van der Waals surface area (Å²) in [6, 6.07) is 7.79. The summed E-state index contributed by atoms with van der Waals surface area (Å²) in [5, 5.41) is 6.45. The summed E-state index contributed by atoms with van der Waals surface area (Å²) in [5.41, 5.74) is 5.36. The summed E-state index contributed by atoms with van der Waals surface area (Å²) in [6.45, 7) is 6.12. The molecule has 4 heteroatoms. The molecule has 1 atom stereocenters. The smallest absolute Gasteiger partial charge is 0.253 e. The van der Waals surface area contributed by atoms with Crippen LogP contribution >= 0.6 is 0 Å². The minimum Gasteiger partial charge on any atom is -0.362 e. The Labute approximate surface area is 162 Å². The molecule has 2 N–H and O–H groups in total. The molecular weight excluding hydrogens is 336 g/mol. The number of carbonyl (C=O) groups excluding carboxylic acids is 2. The molecule has 2 aliphatic rings. The van der Waals surface area contributed by atoms with Crippen LogP contribution in [-0.4, -0.2) is 11.7 Å². The largest absolute Gasteiger partial charge is 0.362 e. The lowest BCUT2D eigenvalue weighted by Gasteiger charge is -2.34. The number of carbonyl (C=O) groups is 2. The molecule has 0 saturated heterocycles. The Morgan fingerprint density at radius 2 is 1.96 bits per heavy atom. The third kappa shape index (κ3) is 4.15. The minimum absolute atomic E-state index is 0.0929. The standard InChI is InChI=1S/C23H30N2O2/c1-4-5-6-11-17-21(23(27)25-18-12-8-7-10-15(18)2)16(3)24-19-13-9-14-20(26)22(17)19/h7-8,10,12,17,24H,4-6,9,11,13-14H2,1-3H3,(H,25,27). The van der Waals surface area contributed by atoms with E-state index in [0.29, 0.717) is 6.42 Å². The maximum Gasteiger partial charge on any atom is 0.253 e. The summed E-state index contributed by atoms with van der Waals surface area (Å²) >= 11 is 0. The van der Waals surface area contributed by atoms with Crippen LogP contribution in [0.3, 0.4) is 0 Å². The average molecular weight is 367 g/mol. The molecule has 144 valence electrons. The van der Waals surface area contributed by atoms with Crippen molar-refractivity contribution in [1.82, 2.24) is 5.32 Å². The van der Waals surface area contributed by atoms with Crippen molar-refractivity contribution < 1.29 is 9.59 Å². The fourth-order valence-electron chi connectivity index (χ4n) is 4.22. The number of nitrogens with one attached hydrogen (secondary N) is 2. The number of unbranched alkanes of at least 4 members (excludes halogenated alkanes) is 2. The van der Waals surface area contributed by atoms with E-state index in [1.165, 1.54) is 0 Å². The number of para-hydroxylation sites is 1. The van der Waals surface area contributed by atoms with Crippen molar-refractivity contribution in [3.8, 4) is 0 Å². The fourth-order valence-corrected chi connectivity index (χ4v) is 4.22. The van der Waals surface area contributed by atoms with Gasteiger partial charge in [0.05, 0.1) is 0 Å². The molecule has 0 aromatic heterocycles. The van der Waals surface area contributed by atoms with Crippen LogP contribution < -0.4 is 10.6 Å². The first-order valence-corrected chi connectivity index (χ1v) is 10.1. The normalized spacial score (nSPS) is 19.7.